The lowest BCUT2D eigenvalue weighted by Crippen LogP contribution is -2.39. The molecule has 0 radical (unpaired) electrons. The van der Waals surface area contributed by atoms with Crippen LogP contribution in [-0.4, -0.2) is 42.6 Å². The summed E-state index contributed by atoms with van der Waals surface area (Å²) in [5.74, 6) is 2.53. The first-order valence-corrected chi connectivity index (χ1v) is 8.43. The Kier molecular flexibility index (Phi) is 6.02. The van der Waals surface area contributed by atoms with Gasteiger partial charge in [-0.2, -0.15) is 11.8 Å². The molecule has 18 heavy (non-hydrogen) atoms. The van der Waals surface area contributed by atoms with E-state index in [-0.39, 0.29) is 0 Å². The number of hydrogen-bond acceptors (Lipinski definition) is 3. The molecule has 0 spiro atoms. The lowest BCUT2D eigenvalue weighted by Gasteiger charge is -2.25. The van der Waals surface area contributed by atoms with E-state index in [0.717, 1.165) is 13.1 Å². The second-order valence-electron chi connectivity index (χ2n) is 4.84. The fourth-order valence-electron chi connectivity index (χ4n) is 2.18. The van der Waals surface area contributed by atoms with Gasteiger partial charge in [0.25, 0.3) is 0 Å². The minimum Gasteiger partial charge on any atom is -0.312 e. The van der Waals surface area contributed by atoms with E-state index in [4.69, 9.17) is 0 Å². The molecular weight excluding hydrogens is 308 g/mol. The Labute approximate surface area is 123 Å². The molecule has 1 heterocycles. The van der Waals surface area contributed by atoms with E-state index in [1.54, 1.807) is 0 Å². The molecule has 100 valence electrons. The minimum atomic E-state index is 0.699. The van der Waals surface area contributed by atoms with Crippen LogP contribution in [0.3, 0.4) is 0 Å². The van der Waals surface area contributed by atoms with Gasteiger partial charge >= 0.3 is 0 Å². The first-order chi connectivity index (χ1) is 8.75. The number of nitrogens with one attached hydrogen (secondary N) is 1. The van der Waals surface area contributed by atoms with E-state index >= 15 is 0 Å². The van der Waals surface area contributed by atoms with E-state index in [0.29, 0.717) is 6.04 Å². The van der Waals surface area contributed by atoms with Gasteiger partial charge in [0.05, 0.1) is 0 Å². The maximum atomic E-state index is 3.61. The molecule has 2 nitrogen and oxygen atoms in total. The van der Waals surface area contributed by atoms with Crippen LogP contribution in [0.25, 0.3) is 0 Å². The molecule has 0 bridgehead atoms. The number of benzene rings is 1. The van der Waals surface area contributed by atoms with Gasteiger partial charge in [-0.25, -0.2) is 0 Å². The van der Waals surface area contributed by atoms with Gasteiger partial charge in [-0.1, -0.05) is 34.1 Å². The predicted octanol–water partition coefficient (Wildman–Crippen LogP) is 2.98. The zero-order chi connectivity index (χ0) is 12.8. The molecule has 2 rings (SSSR count). The summed E-state index contributed by atoms with van der Waals surface area (Å²) in [7, 11) is 2.20. The molecule has 1 saturated heterocycles. The van der Waals surface area contributed by atoms with Gasteiger partial charge in [0, 0.05) is 35.1 Å². The Balaban J connectivity index is 1.74. The van der Waals surface area contributed by atoms with E-state index in [2.05, 4.69) is 69.2 Å². The first-order valence-electron chi connectivity index (χ1n) is 6.49. The number of nitrogens with zero attached hydrogens (tertiary/aromatic N) is 1. The molecule has 1 aromatic carbocycles. The van der Waals surface area contributed by atoms with Gasteiger partial charge in [-0.3, -0.25) is 0 Å². The summed E-state index contributed by atoms with van der Waals surface area (Å²) in [5.41, 5.74) is 1.37. The smallest absolute Gasteiger partial charge is 0.0241 e. The largest absolute Gasteiger partial charge is 0.312 e. The van der Waals surface area contributed by atoms with Crippen molar-refractivity contribution >= 4 is 27.7 Å². The zero-order valence-corrected chi connectivity index (χ0v) is 13.3. The number of rotatable bonds is 5. The standard InChI is InChI=1S/C14H21BrN2S/c1-17(8-6-13-11-18-9-7-16-13)10-12-4-2-3-5-14(12)15/h2-5,13,16H,6-11H2,1H3. The lowest BCUT2D eigenvalue weighted by atomic mass is 10.2. The highest BCUT2D eigenvalue weighted by molar-refractivity contribution is 9.10. The van der Waals surface area contributed by atoms with Gasteiger partial charge in [0.2, 0.25) is 0 Å². The van der Waals surface area contributed by atoms with Gasteiger partial charge in [-0.05, 0) is 31.6 Å². The molecule has 0 aliphatic carbocycles. The third kappa shape index (κ3) is 4.57. The second-order valence-corrected chi connectivity index (χ2v) is 6.85. The van der Waals surface area contributed by atoms with E-state index < -0.39 is 0 Å². The van der Waals surface area contributed by atoms with Crippen molar-refractivity contribution in [2.75, 3.05) is 31.6 Å². The fraction of sp³-hybridized carbons (Fsp3) is 0.571. The number of hydrogen-bond donors (Lipinski definition) is 1. The minimum absolute atomic E-state index is 0.699. The topological polar surface area (TPSA) is 15.3 Å². The summed E-state index contributed by atoms with van der Waals surface area (Å²) in [4.78, 5) is 2.40. The van der Waals surface area contributed by atoms with Gasteiger partial charge in [0.15, 0.2) is 0 Å². The summed E-state index contributed by atoms with van der Waals surface area (Å²) in [6.07, 6.45) is 1.24. The monoisotopic (exact) mass is 328 g/mol. The summed E-state index contributed by atoms with van der Waals surface area (Å²) < 4.78 is 1.21. The average Bonchev–Trinajstić information content (AvgIpc) is 2.40. The Hall–Kier alpha value is -0.0300. The molecule has 1 aromatic rings. The quantitative estimate of drug-likeness (QED) is 0.894. The van der Waals surface area contributed by atoms with Gasteiger partial charge < -0.3 is 10.2 Å². The molecule has 1 aliphatic rings. The highest BCUT2D eigenvalue weighted by atomic mass is 79.9. The zero-order valence-electron chi connectivity index (χ0n) is 10.9. The average molecular weight is 329 g/mol. The molecular formula is C14H21BrN2S. The van der Waals surface area contributed by atoms with Gasteiger partial charge in [-0.15, -0.1) is 0 Å². The SMILES string of the molecule is CN(CCC1CSCCN1)Cc1ccccc1Br. The third-order valence-corrected chi connectivity index (χ3v) is 5.16. The van der Waals surface area contributed by atoms with E-state index in [1.807, 2.05) is 0 Å². The number of halogens is 1. The van der Waals surface area contributed by atoms with Crippen LogP contribution in [0.5, 0.6) is 0 Å². The third-order valence-electron chi connectivity index (χ3n) is 3.26. The molecule has 0 aromatic heterocycles. The van der Waals surface area contributed by atoms with Crippen LogP contribution in [0.15, 0.2) is 28.7 Å². The first kappa shape index (κ1) is 14.4. The van der Waals surface area contributed by atoms with Crippen LogP contribution < -0.4 is 5.32 Å². The molecule has 1 aliphatic heterocycles. The van der Waals surface area contributed by atoms with Crippen molar-refractivity contribution in [3.05, 3.63) is 34.3 Å². The van der Waals surface area contributed by atoms with E-state index in [9.17, 15) is 0 Å². The van der Waals surface area contributed by atoms with Crippen LogP contribution in [0.4, 0.5) is 0 Å². The lowest BCUT2D eigenvalue weighted by molar-refractivity contribution is 0.304. The molecule has 0 saturated carbocycles. The Morgan fingerprint density at radius 3 is 3.00 bits per heavy atom. The van der Waals surface area contributed by atoms with Crippen molar-refractivity contribution in [3.8, 4) is 0 Å². The van der Waals surface area contributed by atoms with Crippen LogP contribution in [0.2, 0.25) is 0 Å². The molecule has 1 unspecified atom stereocenters. The predicted molar refractivity (Wildman–Crippen MR) is 84.2 cm³/mol. The fourth-order valence-corrected chi connectivity index (χ4v) is 3.59. The molecule has 4 heteroatoms. The summed E-state index contributed by atoms with van der Waals surface area (Å²) in [6, 6.07) is 9.17. The summed E-state index contributed by atoms with van der Waals surface area (Å²) >= 11 is 5.68. The van der Waals surface area contributed by atoms with Crippen molar-refractivity contribution in [1.29, 1.82) is 0 Å². The number of thioether (sulfide) groups is 1. The van der Waals surface area contributed by atoms with Crippen molar-refractivity contribution in [3.63, 3.8) is 0 Å². The van der Waals surface area contributed by atoms with Crippen LogP contribution >= 0.6 is 27.7 Å². The van der Waals surface area contributed by atoms with Crippen LogP contribution in [0, 0.1) is 0 Å². The van der Waals surface area contributed by atoms with Gasteiger partial charge in [0.1, 0.15) is 0 Å². The van der Waals surface area contributed by atoms with Crippen LogP contribution in [0.1, 0.15) is 12.0 Å². The summed E-state index contributed by atoms with van der Waals surface area (Å²) in [6.45, 7) is 3.34. The Morgan fingerprint density at radius 1 is 1.44 bits per heavy atom. The van der Waals surface area contributed by atoms with Crippen molar-refractivity contribution < 1.29 is 0 Å². The van der Waals surface area contributed by atoms with Crippen molar-refractivity contribution in [1.82, 2.24) is 10.2 Å². The Morgan fingerprint density at radius 2 is 2.28 bits per heavy atom. The normalized spacial score (nSPS) is 20.3. The highest BCUT2D eigenvalue weighted by Gasteiger charge is 2.13. The molecule has 1 atom stereocenters. The van der Waals surface area contributed by atoms with Crippen molar-refractivity contribution in [2.24, 2.45) is 0 Å². The maximum Gasteiger partial charge on any atom is 0.0241 e. The maximum absolute atomic E-state index is 3.61. The summed E-state index contributed by atoms with van der Waals surface area (Å²) in [5, 5.41) is 3.59. The molecule has 0 amide bonds. The van der Waals surface area contributed by atoms with Crippen molar-refractivity contribution in [2.45, 2.75) is 19.0 Å². The van der Waals surface area contributed by atoms with E-state index in [1.165, 1.54) is 34.5 Å². The van der Waals surface area contributed by atoms with Crippen LogP contribution in [-0.2, 0) is 6.54 Å². The molecule has 1 fully saturated rings. The highest BCUT2D eigenvalue weighted by Crippen LogP contribution is 2.17. The second kappa shape index (κ2) is 7.53. The molecule has 1 N–H and O–H groups in total. The Bertz CT molecular complexity index is 367.